The number of hydrogen-bond acceptors (Lipinski definition) is 1. The molecule has 2 rings (SSSR count). The highest BCUT2D eigenvalue weighted by atomic mass is 79.9. The van der Waals surface area contributed by atoms with E-state index in [2.05, 4.69) is 21.2 Å². The Labute approximate surface area is 115 Å². The molecule has 17 heavy (non-hydrogen) atoms. The monoisotopic (exact) mass is 319 g/mol. The first-order valence-electron chi connectivity index (χ1n) is 5.96. The van der Waals surface area contributed by atoms with E-state index in [1.807, 2.05) is 6.07 Å². The van der Waals surface area contributed by atoms with Gasteiger partial charge in [-0.3, -0.25) is 0 Å². The number of nitrogens with one attached hydrogen (secondary N) is 1. The smallest absolute Gasteiger partial charge is 0.124 e. The summed E-state index contributed by atoms with van der Waals surface area (Å²) in [5.74, 6) is -0.205. The molecule has 0 radical (unpaired) electrons. The average Bonchev–Trinajstić information content (AvgIpc) is 2.30. The second-order valence-electron chi connectivity index (χ2n) is 4.57. The highest BCUT2D eigenvalue weighted by Gasteiger charge is 2.18. The van der Waals surface area contributed by atoms with Gasteiger partial charge in [0.15, 0.2) is 0 Å². The Kier molecular flexibility index (Phi) is 4.83. The molecule has 1 aromatic rings. The molecule has 0 aromatic heterocycles. The third-order valence-corrected chi connectivity index (χ3v) is 4.43. The van der Waals surface area contributed by atoms with Crippen molar-refractivity contribution < 1.29 is 4.39 Å². The van der Waals surface area contributed by atoms with E-state index in [-0.39, 0.29) is 5.82 Å². The van der Waals surface area contributed by atoms with Gasteiger partial charge in [-0.25, -0.2) is 4.39 Å². The predicted octanol–water partition coefficient (Wildman–Crippen LogP) is 4.23. The van der Waals surface area contributed by atoms with Crippen molar-refractivity contribution in [3.63, 3.8) is 0 Å². The zero-order valence-corrected chi connectivity index (χ0v) is 11.9. The minimum absolute atomic E-state index is 0.205. The molecule has 1 nitrogen and oxygen atoms in total. The SMILES string of the molecule is Fc1ccc(CNC2CCC(Cl)CC2)c(Br)c1. The summed E-state index contributed by atoms with van der Waals surface area (Å²) < 4.78 is 13.8. The molecule has 1 saturated carbocycles. The van der Waals surface area contributed by atoms with Crippen LogP contribution in [0.15, 0.2) is 22.7 Å². The number of hydrogen-bond donors (Lipinski definition) is 1. The Hall–Kier alpha value is -0.120. The van der Waals surface area contributed by atoms with Crippen molar-refractivity contribution >= 4 is 27.5 Å². The van der Waals surface area contributed by atoms with E-state index >= 15 is 0 Å². The summed E-state index contributed by atoms with van der Waals surface area (Å²) in [5.41, 5.74) is 1.10. The van der Waals surface area contributed by atoms with Crippen LogP contribution in [0.1, 0.15) is 31.2 Å². The van der Waals surface area contributed by atoms with Gasteiger partial charge in [0, 0.05) is 22.4 Å². The van der Waals surface area contributed by atoms with Crippen LogP contribution in [-0.2, 0) is 6.54 Å². The van der Waals surface area contributed by atoms with E-state index < -0.39 is 0 Å². The molecule has 0 bridgehead atoms. The first-order chi connectivity index (χ1) is 8.15. The molecule has 0 amide bonds. The molecule has 0 saturated heterocycles. The quantitative estimate of drug-likeness (QED) is 0.822. The molecule has 1 aromatic carbocycles. The number of alkyl halides is 1. The van der Waals surface area contributed by atoms with Gasteiger partial charge >= 0.3 is 0 Å². The molecule has 1 aliphatic carbocycles. The maximum atomic E-state index is 12.9. The topological polar surface area (TPSA) is 12.0 Å². The summed E-state index contributed by atoms with van der Waals surface area (Å²) in [6, 6.07) is 5.37. The summed E-state index contributed by atoms with van der Waals surface area (Å²) in [6.45, 7) is 0.776. The van der Waals surface area contributed by atoms with Crippen LogP contribution in [-0.4, -0.2) is 11.4 Å². The number of benzene rings is 1. The van der Waals surface area contributed by atoms with Crippen LogP contribution in [0.4, 0.5) is 4.39 Å². The molecular weight excluding hydrogens is 305 g/mol. The van der Waals surface area contributed by atoms with Crippen molar-refractivity contribution in [2.75, 3.05) is 0 Å². The molecule has 0 atom stereocenters. The van der Waals surface area contributed by atoms with Gasteiger partial charge in [-0.1, -0.05) is 22.0 Å². The summed E-state index contributed by atoms with van der Waals surface area (Å²) in [6.07, 6.45) is 4.44. The van der Waals surface area contributed by atoms with Crippen molar-refractivity contribution in [2.24, 2.45) is 0 Å². The molecule has 0 unspecified atom stereocenters. The summed E-state index contributed by atoms with van der Waals surface area (Å²) in [7, 11) is 0. The van der Waals surface area contributed by atoms with E-state index in [0.717, 1.165) is 42.3 Å². The molecular formula is C13H16BrClFN. The van der Waals surface area contributed by atoms with Crippen molar-refractivity contribution in [3.8, 4) is 0 Å². The minimum atomic E-state index is -0.205. The van der Waals surface area contributed by atoms with Gasteiger partial charge < -0.3 is 5.32 Å². The van der Waals surface area contributed by atoms with Gasteiger partial charge in [-0.2, -0.15) is 0 Å². The highest BCUT2D eigenvalue weighted by molar-refractivity contribution is 9.10. The molecule has 1 aliphatic rings. The van der Waals surface area contributed by atoms with Crippen LogP contribution in [0.3, 0.4) is 0 Å². The second-order valence-corrected chi connectivity index (χ2v) is 6.04. The first-order valence-corrected chi connectivity index (χ1v) is 7.19. The third kappa shape index (κ3) is 3.94. The van der Waals surface area contributed by atoms with Crippen LogP contribution in [0.5, 0.6) is 0 Å². The van der Waals surface area contributed by atoms with E-state index in [0.29, 0.717) is 11.4 Å². The van der Waals surface area contributed by atoms with Gasteiger partial charge in [0.1, 0.15) is 5.82 Å². The van der Waals surface area contributed by atoms with Gasteiger partial charge in [-0.15, -0.1) is 11.6 Å². The summed E-state index contributed by atoms with van der Waals surface area (Å²) in [4.78, 5) is 0. The zero-order valence-electron chi connectivity index (χ0n) is 9.56. The van der Waals surface area contributed by atoms with Crippen LogP contribution < -0.4 is 5.32 Å². The van der Waals surface area contributed by atoms with Crippen molar-refractivity contribution in [1.82, 2.24) is 5.32 Å². The lowest BCUT2D eigenvalue weighted by Gasteiger charge is -2.26. The van der Waals surface area contributed by atoms with Crippen molar-refractivity contribution in [3.05, 3.63) is 34.1 Å². The van der Waals surface area contributed by atoms with Gasteiger partial charge in [-0.05, 0) is 43.4 Å². The Bertz CT molecular complexity index is 378. The summed E-state index contributed by atoms with van der Waals surface area (Å²) in [5, 5.41) is 3.86. The fourth-order valence-electron chi connectivity index (χ4n) is 2.18. The molecule has 1 N–H and O–H groups in total. The molecule has 0 aliphatic heterocycles. The van der Waals surface area contributed by atoms with E-state index in [1.54, 1.807) is 0 Å². The standard InChI is InChI=1S/C13H16BrClFN/c14-13-7-11(16)4-1-9(13)8-17-12-5-2-10(15)3-6-12/h1,4,7,10,12,17H,2-3,5-6,8H2. The molecule has 94 valence electrons. The van der Waals surface area contributed by atoms with E-state index in [4.69, 9.17) is 11.6 Å². The lowest BCUT2D eigenvalue weighted by molar-refractivity contribution is 0.376. The minimum Gasteiger partial charge on any atom is -0.310 e. The van der Waals surface area contributed by atoms with E-state index in [9.17, 15) is 4.39 Å². The van der Waals surface area contributed by atoms with Crippen molar-refractivity contribution in [2.45, 2.75) is 43.6 Å². The lowest BCUT2D eigenvalue weighted by atomic mass is 9.95. The van der Waals surface area contributed by atoms with Gasteiger partial charge in [0.2, 0.25) is 0 Å². The molecule has 0 spiro atoms. The maximum Gasteiger partial charge on any atom is 0.124 e. The number of rotatable bonds is 3. The average molecular weight is 321 g/mol. The molecule has 1 fully saturated rings. The zero-order chi connectivity index (χ0) is 12.3. The Morgan fingerprint density at radius 3 is 2.65 bits per heavy atom. The largest absolute Gasteiger partial charge is 0.310 e. The van der Waals surface area contributed by atoms with Crippen LogP contribution >= 0.6 is 27.5 Å². The fraction of sp³-hybridized carbons (Fsp3) is 0.538. The summed E-state index contributed by atoms with van der Waals surface area (Å²) >= 11 is 9.45. The Balaban J connectivity index is 1.85. The van der Waals surface area contributed by atoms with Crippen molar-refractivity contribution in [1.29, 1.82) is 0 Å². The maximum absolute atomic E-state index is 12.9. The molecule has 0 heterocycles. The lowest BCUT2D eigenvalue weighted by Crippen LogP contribution is -2.33. The molecule has 4 heteroatoms. The van der Waals surface area contributed by atoms with E-state index in [1.165, 1.54) is 12.1 Å². The number of halogens is 3. The Morgan fingerprint density at radius 2 is 2.00 bits per heavy atom. The third-order valence-electron chi connectivity index (χ3n) is 3.25. The van der Waals surface area contributed by atoms with Crippen LogP contribution in [0, 0.1) is 5.82 Å². The van der Waals surface area contributed by atoms with Gasteiger partial charge in [0.05, 0.1) is 0 Å². The first kappa shape index (κ1) is 13.3. The Morgan fingerprint density at radius 1 is 1.29 bits per heavy atom. The normalized spacial score (nSPS) is 24.9. The van der Waals surface area contributed by atoms with Crippen LogP contribution in [0.2, 0.25) is 0 Å². The highest BCUT2D eigenvalue weighted by Crippen LogP contribution is 2.24. The van der Waals surface area contributed by atoms with Crippen LogP contribution in [0.25, 0.3) is 0 Å². The fourth-order valence-corrected chi connectivity index (χ4v) is 2.92. The second kappa shape index (κ2) is 6.17. The predicted molar refractivity (Wildman–Crippen MR) is 72.8 cm³/mol. The van der Waals surface area contributed by atoms with Gasteiger partial charge in [0.25, 0.3) is 0 Å².